The first-order valence-electron chi connectivity index (χ1n) is 10.4. The molecule has 1 atom stereocenters. The number of hydrogen-bond acceptors (Lipinski definition) is 5. The zero-order valence-corrected chi connectivity index (χ0v) is 18.0. The van der Waals surface area contributed by atoms with Crippen LogP contribution in [0, 0.1) is 0 Å². The van der Waals surface area contributed by atoms with E-state index in [0.29, 0.717) is 17.6 Å². The predicted octanol–water partition coefficient (Wildman–Crippen LogP) is 5.20. The molecule has 29 heavy (non-hydrogen) atoms. The van der Waals surface area contributed by atoms with E-state index in [-0.39, 0.29) is 17.2 Å². The molecule has 0 spiro atoms. The lowest BCUT2D eigenvalue weighted by Crippen LogP contribution is -2.40. The maximum Gasteiger partial charge on any atom is 0.233 e. The number of carbonyl (C=O) groups excluding carboxylic acids is 1. The Morgan fingerprint density at radius 1 is 1.17 bits per heavy atom. The summed E-state index contributed by atoms with van der Waals surface area (Å²) in [4.78, 5) is 12.7. The molecule has 1 saturated carbocycles. The van der Waals surface area contributed by atoms with Crippen molar-refractivity contribution in [3.05, 3.63) is 30.3 Å². The molecular formula is C22H28N4O2S. The van der Waals surface area contributed by atoms with E-state index in [1.807, 2.05) is 41.8 Å². The van der Waals surface area contributed by atoms with Crippen LogP contribution in [0.3, 0.4) is 0 Å². The largest absolute Gasteiger partial charge is 0.453 e. The minimum atomic E-state index is -0.234. The summed E-state index contributed by atoms with van der Waals surface area (Å²) in [7, 11) is 0. The van der Waals surface area contributed by atoms with E-state index in [1.54, 1.807) is 0 Å². The van der Waals surface area contributed by atoms with E-state index in [1.165, 1.54) is 31.0 Å². The summed E-state index contributed by atoms with van der Waals surface area (Å²) >= 11 is 1.45. The van der Waals surface area contributed by atoms with Crippen LogP contribution in [-0.4, -0.2) is 32.0 Å². The maximum atomic E-state index is 12.7. The first-order valence-corrected chi connectivity index (χ1v) is 11.3. The number of fused-ring (bicyclic) bond motifs is 1. The van der Waals surface area contributed by atoms with Crippen molar-refractivity contribution in [2.75, 3.05) is 0 Å². The molecule has 0 aliphatic heterocycles. The first kappa shape index (κ1) is 20.0. The Morgan fingerprint density at radius 2 is 1.93 bits per heavy atom. The fraction of sp³-hybridized carbons (Fsp3) is 0.500. The van der Waals surface area contributed by atoms with Gasteiger partial charge in [-0.1, -0.05) is 49.2 Å². The van der Waals surface area contributed by atoms with Gasteiger partial charge in [0.2, 0.25) is 11.7 Å². The summed E-state index contributed by atoms with van der Waals surface area (Å²) in [5, 5.41) is 13.5. The topological polar surface area (TPSA) is 73.0 Å². The molecule has 0 unspecified atom stereocenters. The number of aromatic nitrogens is 3. The van der Waals surface area contributed by atoms with E-state index < -0.39 is 0 Å². The van der Waals surface area contributed by atoms with Gasteiger partial charge in [0.25, 0.3) is 0 Å². The zero-order valence-electron chi connectivity index (χ0n) is 17.2. The van der Waals surface area contributed by atoms with Crippen molar-refractivity contribution in [2.45, 2.75) is 75.4 Å². The van der Waals surface area contributed by atoms with Crippen molar-refractivity contribution >= 4 is 28.6 Å². The van der Waals surface area contributed by atoms with Gasteiger partial charge in [-0.2, -0.15) is 0 Å². The van der Waals surface area contributed by atoms with E-state index in [4.69, 9.17) is 4.42 Å². The number of amides is 1. The predicted molar refractivity (Wildman–Crippen MR) is 116 cm³/mol. The van der Waals surface area contributed by atoms with Crippen molar-refractivity contribution < 1.29 is 9.21 Å². The quantitative estimate of drug-likeness (QED) is 0.563. The van der Waals surface area contributed by atoms with Gasteiger partial charge >= 0.3 is 0 Å². The highest BCUT2D eigenvalue weighted by Gasteiger charge is 2.25. The summed E-state index contributed by atoms with van der Waals surface area (Å²) in [6.45, 7) is 6.11. The number of thioether (sulfide) groups is 1. The van der Waals surface area contributed by atoms with Crippen LogP contribution in [-0.2, 0) is 4.79 Å². The Bertz CT molecular complexity index is 955. The Balaban J connectivity index is 1.53. The summed E-state index contributed by atoms with van der Waals surface area (Å²) in [6.07, 6.45) is 5.85. The van der Waals surface area contributed by atoms with Gasteiger partial charge in [-0.3, -0.25) is 9.36 Å². The molecule has 1 aliphatic carbocycles. The van der Waals surface area contributed by atoms with Crippen molar-refractivity contribution in [1.82, 2.24) is 20.1 Å². The average molecular weight is 413 g/mol. The summed E-state index contributed by atoms with van der Waals surface area (Å²) in [5.41, 5.74) is 0.829. The Labute approximate surface area is 175 Å². The monoisotopic (exact) mass is 412 g/mol. The number of para-hydroxylation sites is 1. The van der Waals surface area contributed by atoms with E-state index >= 15 is 0 Å². The molecule has 0 saturated heterocycles. The highest BCUT2D eigenvalue weighted by molar-refractivity contribution is 8.00. The molecule has 1 amide bonds. The van der Waals surface area contributed by atoms with Gasteiger partial charge in [0.1, 0.15) is 5.58 Å². The molecule has 154 valence electrons. The summed E-state index contributed by atoms with van der Waals surface area (Å²) < 4.78 is 8.05. The third-order valence-corrected chi connectivity index (χ3v) is 6.49. The van der Waals surface area contributed by atoms with E-state index in [2.05, 4.69) is 29.4 Å². The van der Waals surface area contributed by atoms with Gasteiger partial charge in [0.15, 0.2) is 10.9 Å². The number of furan rings is 1. The second kappa shape index (κ2) is 8.61. The Kier molecular flexibility index (Phi) is 5.94. The summed E-state index contributed by atoms with van der Waals surface area (Å²) in [5.74, 6) is 1.46. The second-order valence-corrected chi connectivity index (χ2v) is 9.33. The van der Waals surface area contributed by atoms with Crippen molar-refractivity contribution in [3.63, 3.8) is 0 Å². The molecule has 1 aliphatic rings. The minimum absolute atomic E-state index is 0.0745. The molecule has 1 N–H and O–H groups in total. The number of nitrogens with zero attached hydrogens (tertiary/aromatic N) is 3. The number of nitrogens with one attached hydrogen (secondary N) is 1. The van der Waals surface area contributed by atoms with Crippen LogP contribution in [0.25, 0.3) is 22.6 Å². The molecule has 4 rings (SSSR count). The molecule has 1 fully saturated rings. The molecule has 1 aromatic carbocycles. The molecule has 2 heterocycles. The van der Waals surface area contributed by atoms with Crippen LogP contribution in [0.15, 0.2) is 39.9 Å². The van der Waals surface area contributed by atoms with Crippen molar-refractivity contribution in [2.24, 2.45) is 0 Å². The molecular weight excluding hydrogens is 384 g/mol. The van der Waals surface area contributed by atoms with Crippen LogP contribution in [0.4, 0.5) is 0 Å². The maximum absolute atomic E-state index is 12.7. The van der Waals surface area contributed by atoms with Crippen LogP contribution in [0.2, 0.25) is 0 Å². The van der Waals surface area contributed by atoms with Crippen molar-refractivity contribution in [1.29, 1.82) is 0 Å². The highest BCUT2D eigenvalue weighted by Crippen LogP contribution is 2.33. The van der Waals surface area contributed by atoms with Crippen LogP contribution in [0.1, 0.15) is 58.9 Å². The number of hydrogen-bond donors (Lipinski definition) is 1. The van der Waals surface area contributed by atoms with Crippen LogP contribution in [0.5, 0.6) is 0 Å². The lowest BCUT2D eigenvalue weighted by Gasteiger charge is -2.24. The Morgan fingerprint density at radius 3 is 2.66 bits per heavy atom. The van der Waals surface area contributed by atoms with E-state index in [9.17, 15) is 4.79 Å². The standard InChI is InChI=1S/C22H28N4O2S/c1-14(2)26-20(19-13-16-9-7-8-12-18(16)28-19)24-25-22(26)29-15(3)21(27)23-17-10-5-4-6-11-17/h7-9,12-15,17H,4-6,10-11H2,1-3H3,(H,23,27)/t15-/m0/s1. The number of rotatable bonds is 6. The van der Waals surface area contributed by atoms with Gasteiger partial charge in [0.05, 0.1) is 5.25 Å². The average Bonchev–Trinajstić information content (AvgIpc) is 3.32. The molecule has 3 aromatic rings. The smallest absolute Gasteiger partial charge is 0.233 e. The third-order valence-electron chi connectivity index (χ3n) is 5.43. The normalized spacial score (nSPS) is 16.4. The first-order chi connectivity index (χ1) is 14.0. The zero-order chi connectivity index (χ0) is 20.4. The lowest BCUT2D eigenvalue weighted by atomic mass is 9.95. The lowest BCUT2D eigenvalue weighted by molar-refractivity contribution is -0.121. The number of benzene rings is 1. The fourth-order valence-electron chi connectivity index (χ4n) is 3.86. The van der Waals surface area contributed by atoms with Crippen molar-refractivity contribution in [3.8, 4) is 11.6 Å². The Hall–Kier alpha value is -2.28. The molecule has 2 aromatic heterocycles. The van der Waals surface area contributed by atoms with Gasteiger partial charge < -0.3 is 9.73 Å². The second-order valence-electron chi connectivity index (χ2n) is 8.02. The molecule has 0 radical (unpaired) electrons. The van der Waals surface area contributed by atoms with Gasteiger partial charge in [-0.15, -0.1) is 10.2 Å². The summed E-state index contributed by atoms with van der Waals surface area (Å²) in [6, 6.07) is 10.4. The van der Waals surface area contributed by atoms with E-state index in [0.717, 1.165) is 29.0 Å². The van der Waals surface area contributed by atoms with Gasteiger partial charge in [0, 0.05) is 17.5 Å². The molecule has 7 heteroatoms. The van der Waals surface area contributed by atoms with Crippen LogP contribution < -0.4 is 5.32 Å². The highest BCUT2D eigenvalue weighted by atomic mass is 32.2. The third kappa shape index (κ3) is 4.34. The van der Waals surface area contributed by atoms with Crippen LogP contribution >= 0.6 is 11.8 Å². The van der Waals surface area contributed by atoms with Gasteiger partial charge in [-0.25, -0.2) is 0 Å². The fourth-order valence-corrected chi connectivity index (χ4v) is 4.85. The van der Waals surface area contributed by atoms with Gasteiger partial charge in [-0.05, 0) is 45.7 Å². The molecule has 0 bridgehead atoms. The molecule has 6 nitrogen and oxygen atoms in total. The number of carbonyl (C=O) groups is 1. The minimum Gasteiger partial charge on any atom is -0.453 e. The SMILES string of the molecule is CC(C)n1c(S[C@@H](C)C(=O)NC2CCCCC2)nnc1-c1cc2ccccc2o1.